The molecule has 3 aromatic carbocycles. The monoisotopic (exact) mass is 423 g/mol. The van der Waals surface area contributed by atoms with E-state index in [4.69, 9.17) is 0 Å². The van der Waals surface area contributed by atoms with Crippen LogP contribution in [0.4, 0.5) is 5.69 Å². The molecule has 1 heterocycles. The number of nitrogens with zero attached hydrogens (tertiary/aromatic N) is 1. The highest BCUT2D eigenvalue weighted by Gasteiger charge is 2.69. The first-order valence-electron chi connectivity index (χ1n) is 11.2. The van der Waals surface area contributed by atoms with Crippen molar-refractivity contribution in [3.05, 3.63) is 100 Å². The van der Waals surface area contributed by atoms with E-state index in [2.05, 4.69) is 12.1 Å². The molecule has 2 bridgehead atoms. The van der Waals surface area contributed by atoms with Gasteiger partial charge >= 0.3 is 0 Å². The first kappa shape index (κ1) is 19.4. The molecule has 1 fully saturated rings. The van der Waals surface area contributed by atoms with Crippen LogP contribution < -0.4 is 4.90 Å². The van der Waals surface area contributed by atoms with Gasteiger partial charge in [0.25, 0.3) is 0 Å². The lowest BCUT2D eigenvalue weighted by atomic mass is 9.46. The average Bonchev–Trinajstić information content (AvgIpc) is 3.06. The highest BCUT2D eigenvalue weighted by molar-refractivity contribution is 6.24. The standard InChI is InChI=1S/C28H25NO3/c1-15-12-13-16(2)22(14-15)29-26(31)24-23-18-8-4-6-10-20(18)28(17(3)30,25(24)27(29)32)21-11-7-5-9-19(21)23/h4-14,17,23-25,30H,1-3H3/t17-,23?,24-,25+,28?/m0/s1. The van der Waals surface area contributed by atoms with Gasteiger partial charge in [-0.05, 0) is 60.2 Å². The molecule has 0 saturated carbocycles. The molecule has 3 aliphatic carbocycles. The molecule has 7 rings (SSSR count). The van der Waals surface area contributed by atoms with Crippen LogP contribution in [0.25, 0.3) is 0 Å². The second-order valence-corrected chi connectivity index (χ2v) is 9.50. The Morgan fingerprint density at radius 2 is 1.47 bits per heavy atom. The van der Waals surface area contributed by atoms with E-state index >= 15 is 0 Å². The van der Waals surface area contributed by atoms with Gasteiger partial charge in [-0.3, -0.25) is 9.59 Å². The van der Waals surface area contributed by atoms with Gasteiger partial charge in [0, 0.05) is 5.92 Å². The van der Waals surface area contributed by atoms with E-state index in [1.54, 1.807) is 6.92 Å². The van der Waals surface area contributed by atoms with Crippen LogP contribution >= 0.6 is 0 Å². The van der Waals surface area contributed by atoms with Crippen LogP contribution in [0.3, 0.4) is 0 Å². The molecule has 0 aromatic heterocycles. The summed E-state index contributed by atoms with van der Waals surface area (Å²) in [6.45, 7) is 5.65. The van der Waals surface area contributed by atoms with Gasteiger partial charge in [-0.25, -0.2) is 4.90 Å². The fraction of sp³-hybridized carbons (Fsp3) is 0.286. The first-order valence-corrected chi connectivity index (χ1v) is 11.2. The third-order valence-electron chi connectivity index (χ3n) is 7.95. The normalized spacial score (nSPS) is 28.4. The summed E-state index contributed by atoms with van der Waals surface area (Å²) in [7, 11) is 0. The van der Waals surface area contributed by atoms with Crippen LogP contribution in [-0.2, 0) is 15.0 Å². The number of benzene rings is 3. The van der Waals surface area contributed by atoms with Crippen LogP contribution in [0.2, 0.25) is 0 Å². The lowest BCUT2D eigenvalue weighted by Crippen LogP contribution is -2.58. The van der Waals surface area contributed by atoms with Crippen molar-refractivity contribution in [2.75, 3.05) is 4.90 Å². The SMILES string of the molecule is Cc1ccc(C)c(N2C(=O)[C@H]3C4c5ccccc5C([C@H](C)O)(c5ccccc54)[C@H]3C2=O)c1. The maximum absolute atomic E-state index is 14.1. The van der Waals surface area contributed by atoms with E-state index in [1.807, 2.05) is 68.4 Å². The van der Waals surface area contributed by atoms with Gasteiger partial charge in [-0.15, -0.1) is 0 Å². The Labute approximate surface area is 187 Å². The molecule has 1 aliphatic heterocycles. The molecule has 1 saturated heterocycles. The molecule has 0 unspecified atom stereocenters. The van der Waals surface area contributed by atoms with Gasteiger partial charge in [0.1, 0.15) is 0 Å². The Balaban J connectivity index is 1.67. The van der Waals surface area contributed by atoms with Crippen LogP contribution in [-0.4, -0.2) is 23.0 Å². The van der Waals surface area contributed by atoms with E-state index in [1.165, 1.54) is 4.90 Å². The minimum Gasteiger partial charge on any atom is -0.392 e. The molecule has 4 nitrogen and oxygen atoms in total. The molecular weight excluding hydrogens is 398 g/mol. The van der Waals surface area contributed by atoms with Crippen molar-refractivity contribution < 1.29 is 14.7 Å². The van der Waals surface area contributed by atoms with Crippen molar-refractivity contribution in [3.8, 4) is 0 Å². The largest absolute Gasteiger partial charge is 0.392 e. The van der Waals surface area contributed by atoms with Gasteiger partial charge in [0.15, 0.2) is 0 Å². The number of aliphatic hydroxyl groups is 1. The summed E-state index contributed by atoms with van der Waals surface area (Å²) in [6.07, 6.45) is -0.839. The number of rotatable bonds is 2. The maximum atomic E-state index is 14.1. The van der Waals surface area contributed by atoms with E-state index in [0.717, 1.165) is 33.4 Å². The lowest BCUT2D eigenvalue weighted by Gasteiger charge is -2.55. The van der Waals surface area contributed by atoms with Crippen LogP contribution in [0, 0.1) is 25.7 Å². The quantitative estimate of drug-likeness (QED) is 0.628. The number of carbonyl (C=O) groups excluding carboxylic acids is 2. The lowest BCUT2D eigenvalue weighted by molar-refractivity contribution is -0.126. The molecule has 3 atom stereocenters. The van der Waals surface area contributed by atoms with Gasteiger partial charge < -0.3 is 5.11 Å². The first-order chi connectivity index (χ1) is 15.4. The third kappa shape index (κ3) is 2.11. The number of imide groups is 1. The summed E-state index contributed by atoms with van der Waals surface area (Å²) in [5, 5.41) is 11.4. The summed E-state index contributed by atoms with van der Waals surface area (Å²) in [6, 6.07) is 21.9. The fourth-order valence-electron chi connectivity index (χ4n) is 6.74. The number of hydrogen-bond donors (Lipinski definition) is 1. The zero-order valence-corrected chi connectivity index (χ0v) is 18.4. The van der Waals surface area contributed by atoms with Crippen LogP contribution in [0.15, 0.2) is 66.7 Å². The van der Waals surface area contributed by atoms with Crippen molar-refractivity contribution >= 4 is 17.5 Å². The maximum Gasteiger partial charge on any atom is 0.239 e. The minimum absolute atomic E-state index is 0.160. The minimum atomic E-state index is -0.953. The molecule has 32 heavy (non-hydrogen) atoms. The predicted molar refractivity (Wildman–Crippen MR) is 123 cm³/mol. The van der Waals surface area contributed by atoms with Crippen molar-refractivity contribution in [1.82, 2.24) is 0 Å². The number of amides is 2. The Morgan fingerprint density at radius 1 is 0.875 bits per heavy atom. The molecule has 160 valence electrons. The summed E-state index contributed by atoms with van der Waals surface area (Å²) in [4.78, 5) is 29.5. The zero-order chi connectivity index (χ0) is 22.4. The Hall–Kier alpha value is -3.24. The smallest absolute Gasteiger partial charge is 0.239 e. The molecule has 1 N–H and O–H groups in total. The van der Waals surface area contributed by atoms with Gasteiger partial charge in [0.05, 0.1) is 29.0 Å². The van der Waals surface area contributed by atoms with Crippen LogP contribution in [0.5, 0.6) is 0 Å². The number of aryl methyl sites for hydroxylation is 2. The molecule has 0 spiro atoms. The number of carbonyl (C=O) groups is 2. The number of hydrogen-bond acceptors (Lipinski definition) is 3. The summed E-state index contributed by atoms with van der Waals surface area (Å²) in [5.41, 5.74) is 5.65. The second kappa shape index (κ2) is 6.39. The van der Waals surface area contributed by atoms with E-state index < -0.39 is 23.4 Å². The number of aliphatic hydroxyl groups excluding tert-OH is 1. The average molecular weight is 424 g/mol. The molecule has 3 aromatic rings. The Kier molecular flexibility index (Phi) is 3.89. The van der Waals surface area contributed by atoms with E-state index in [-0.39, 0.29) is 17.7 Å². The second-order valence-electron chi connectivity index (χ2n) is 9.50. The van der Waals surface area contributed by atoms with Crippen molar-refractivity contribution in [1.29, 1.82) is 0 Å². The molecular formula is C28H25NO3. The van der Waals surface area contributed by atoms with Gasteiger partial charge in [-0.1, -0.05) is 60.7 Å². The molecule has 2 amide bonds. The van der Waals surface area contributed by atoms with Gasteiger partial charge in [-0.2, -0.15) is 0 Å². The molecule has 0 radical (unpaired) electrons. The highest BCUT2D eigenvalue weighted by Crippen LogP contribution is 2.65. The van der Waals surface area contributed by atoms with E-state index in [9.17, 15) is 14.7 Å². The van der Waals surface area contributed by atoms with Gasteiger partial charge in [0.2, 0.25) is 11.8 Å². The number of anilines is 1. The van der Waals surface area contributed by atoms with Crippen molar-refractivity contribution in [2.24, 2.45) is 11.8 Å². The third-order valence-corrected chi connectivity index (χ3v) is 7.95. The Morgan fingerprint density at radius 3 is 2.06 bits per heavy atom. The summed E-state index contributed by atoms with van der Waals surface area (Å²) >= 11 is 0. The fourth-order valence-corrected chi connectivity index (χ4v) is 6.74. The topological polar surface area (TPSA) is 57.6 Å². The zero-order valence-electron chi connectivity index (χ0n) is 18.4. The van der Waals surface area contributed by atoms with E-state index in [0.29, 0.717) is 5.69 Å². The highest BCUT2D eigenvalue weighted by atomic mass is 16.3. The van der Waals surface area contributed by atoms with Crippen molar-refractivity contribution in [3.63, 3.8) is 0 Å². The Bertz CT molecular complexity index is 1260. The summed E-state index contributed by atoms with van der Waals surface area (Å²) < 4.78 is 0. The summed E-state index contributed by atoms with van der Waals surface area (Å²) in [5.74, 6) is -1.72. The molecule has 4 aliphatic rings. The van der Waals surface area contributed by atoms with Crippen molar-refractivity contribution in [2.45, 2.75) is 38.2 Å². The van der Waals surface area contributed by atoms with Crippen LogP contribution in [0.1, 0.15) is 46.2 Å². The predicted octanol–water partition coefficient (Wildman–Crippen LogP) is 4.24. The molecule has 4 heteroatoms.